The van der Waals surface area contributed by atoms with Crippen LogP contribution in [-0.4, -0.2) is 47.4 Å². The number of rotatable bonds is 7. The molecule has 9 heteroatoms. The summed E-state index contributed by atoms with van der Waals surface area (Å²) in [5, 5.41) is 5.90. The predicted molar refractivity (Wildman–Crippen MR) is 100 cm³/mol. The van der Waals surface area contributed by atoms with Gasteiger partial charge in [0.2, 0.25) is 0 Å². The lowest BCUT2D eigenvalue weighted by Gasteiger charge is -2.19. The molecule has 1 aliphatic carbocycles. The highest BCUT2D eigenvalue weighted by atomic mass is 35.5. The van der Waals surface area contributed by atoms with Gasteiger partial charge in [-0.3, -0.25) is 19.3 Å². The molecule has 8 nitrogen and oxygen atoms in total. The summed E-state index contributed by atoms with van der Waals surface area (Å²) >= 11 is 6.01. The van der Waals surface area contributed by atoms with Crippen LogP contribution in [0, 0.1) is 0 Å². The van der Waals surface area contributed by atoms with E-state index in [1.807, 2.05) is 0 Å². The molecule has 1 saturated carbocycles. The minimum absolute atomic E-state index is 0.0630. The highest BCUT2D eigenvalue weighted by Crippen LogP contribution is 2.35. The molecule has 1 aromatic rings. The van der Waals surface area contributed by atoms with E-state index in [0.29, 0.717) is 17.9 Å². The fourth-order valence-electron chi connectivity index (χ4n) is 3.50. The van der Waals surface area contributed by atoms with Crippen LogP contribution in [0.5, 0.6) is 0 Å². The van der Waals surface area contributed by atoms with E-state index in [1.54, 1.807) is 24.3 Å². The lowest BCUT2D eigenvalue weighted by Crippen LogP contribution is -2.44. The first-order valence-electron chi connectivity index (χ1n) is 9.21. The van der Waals surface area contributed by atoms with E-state index in [9.17, 15) is 19.2 Å². The molecular weight excluding hydrogens is 386 g/mol. The van der Waals surface area contributed by atoms with Crippen molar-refractivity contribution in [1.82, 2.24) is 15.5 Å². The SMILES string of the molecule is O=C(COC(=O)CCN1C(=O)NC2(CCCC2)C1=O)NCc1ccccc1Cl. The fourth-order valence-corrected chi connectivity index (χ4v) is 3.71. The van der Waals surface area contributed by atoms with Gasteiger partial charge in [-0.15, -0.1) is 0 Å². The number of esters is 1. The Balaban J connectivity index is 1.39. The van der Waals surface area contributed by atoms with Crippen molar-refractivity contribution in [3.63, 3.8) is 0 Å². The number of imide groups is 1. The van der Waals surface area contributed by atoms with Crippen molar-refractivity contribution in [3.05, 3.63) is 34.9 Å². The quantitative estimate of drug-likeness (QED) is 0.529. The Morgan fingerprint density at radius 2 is 1.93 bits per heavy atom. The Hall–Kier alpha value is -2.61. The first-order valence-corrected chi connectivity index (χ1v) is 9.59. The Labute approximate surface area is 167 Å². The molecule has 0 radical (unpaired) electrons. The number of urea groups is 1. The molecule has 0 unspecified atom stereocenters. The second-order valence-electron chi connectivity index (χ2n) is 6.95. The van der Waals surface area contributed by atoms with Gasteiger partial charge in [0, 0.05) is 18.1 Å². The van der Waals surface area contributed by atoms with Crippen LogP contribution >= 0.6 is 11.6 Å². The number of hydrogen-bond acceptors (Lipinski definition) is 5. The average Bonchev–Trinajstić information content (AvgIpc) is 3.23. The van der Waals surface area contributed by atoms with Crippen molar-refractivity contribution in [2.45, 2.75) is 44.2 Å². The van der Waals surface area contributed by atoms with Crippen LogP contribution in [-0.2, 0) is 25.7 Å². The molecule has 1 saturated heterocycles. The third-order valence-corrected chi connectivity index (χ3v) is 5.41. The summed E-state index contributed by atoms with van der Waals surface area (Å²) in [6.07, 6.45) is 2.89. The molecule has 28 heavy (non-hydrogen) atoms. The summed E-state index contributed by atoms with van der Waals surface area (Å²) in [5.74, 6) is -1.39. The maximum Gasteiger partial charge on any atom is 0.325 e. The zero-order chi connectivity index (χ0) is 20.1. The molecule has 0 atom stereocenters. The zero-order valence-corrected chi connectivity index (χ0v) is 16.1. The summed E-state index contributed by atoms with van der Waals surface area (Å²) < 4.78 is 4.92. The van der Waals surface area contributed by atoms with Crippen molar-refractivity contribution in [3.8, 4) is 0 Å². The molecule has 0 bridgehead atoms. The van der Waals surface area contributed by atoms with Crippen LogP contribution in [0.2, 0.25) is 5.02 Å². The third-order valence-electron chi connectivity index (χ3n) is 5.04. The number of nitrogens with zero attached hydrogens (tertiary/aromatic N) is 1. The van der Waals surface area contributed by atoms with Gasteiger partial charge in [0.15, 0.2) is 6.61 Å². The fraction of sp³-hybridized carbons (Fsp3) is 0.474. The van der Waals surface area contributed by atoms with E-state index in [-0.39, 0.29) is 25.4 Å². The molecular formula is C19H22ClN3O5. The second-order valence-corrected chi connectivity index (χ2v) is 7.36. The van der Waals surface area contributed by atoms with Crippen LogP contribution in [0.3, 0.4) is 0 Å². The average molecular weight is 408 g/mol. The molecule has 1 heterocycles. The molecule has 3 rings (SSSR count). The number of halogens is 1. The Morgan fingerprint density at radius 3 is 2.64 bits per heavy atom. The Bertz CT molecular complexity index is 792. The van der Waals surface area contributed by atoms with Crippen molar-refractivity contribution in [1.29, 1.82) is 0 Å². The van der Waals surface area contributed by atoms with E-state index >= 15 is 0 Å². The van der Waals surface area contributed by atoms with Crippen LogP contribution < -0.4 is 10.6 Å². The summed E-state index contributed by atoms with van der Waals surface area (Å²) in [7, 11) is 0. The topological polar surface area (TPSA) is 105 Å². The lowest BCUT2D eigenvalue weighted by atomic mass is 9.98. The van der Waals surface area contributed by atoms with Crippen LogP contribution in [0.1, 0.15) is 37.7 Å². The van der Waals surface area contributed by atoms with Gasteiger partial charge in [-0.05, 0) is 24.5 Å². The van der Waals surface area contributed by atoms with Gasteiger partial charge in [-0.1, -0.05) is 42.6 Å². The minimum atomic E-state index is -0.792. The van der Waals surface area contributed by atoms with Crippen LogP contribution in [0.15, 0.2) is 24.3 Å². The number of carbonyl (C=O) groups is 4. The van der Waals surface area contributed by atoms with Gasteiger partial charge >= 0.3 is 12.0 Å². The number of ether oxygens (including phenoxy) is 1. The molecule has 1 aromatic carbocycles. The predicted octanol–water partition coefficient (Wildman–Crippen LogP) is 1.75. The first kappa shape index (κ1) is 20.1. The number of amides is 4. The minimum Gasteiger partial charge on any atom is -0.456 e. The van der Waals surface area contributed by atoms with E-state index in [0.717, 1.165) is 23.3 Å². The number of hydrogen-bond donors (Lipinski definition) is 2. The normalized spacial score (nSPS) is 17.7. The molecule has 2 aliphatic rings. The van der Waals surface area contributed by atoms with Gasteiger partial charge in [0.25, 0.3) is 11.8 Å². The zero-order valence-electron chi connectivity index (χ0n) is 15.3. The maximum atomic E-state index is 12.5. The summed E-state index contributed by atoms with van der Waals surface area (Å²) in [4.78, 5) is 49.3. The van der Waals surface area contributed by atoms with Gasteiger partial charge < -0.3 is 15.4 Å². The van der Waals surface area contributed by atoms with Gasteiger partial charge in [-0.2, -0.15) is 0 Å². The number of benzene rings is 1. The van der Waals surface area contributed by atoms with Crippen molar-refractivity contribution in [2.75, 3.05) is 13.2 Å². The highest BCUT2D eigenvalue weighted by molar-refractivity contribution is 6.31. The van der Waals surface area contributed by atoms with Crippen molar-refractivity contribution < 1.29 is 23.9 Å². The number of nitrogens with one attached hydrogen (secondary N) is 2. The van der Waals surface area contributed by atoms with E-state index in [1.165, 1.54) is 0 Å². The molecule has 150 valence electrons. The Morgan fingerprint density at radius 1 is 1.21 bits per heavy atom. The van der Waals surface area contributed by atoms with Crippen LogP contribution in [0.4, 0.5) is 4.79 Å². The molecule has 2 N–H and O–H groups in total. The van der Waals surface area contributed by atoms with Crippen LogP contribution in [0.25, 0.3) is 0 Å². The van der Waals surface area contributed by atoms with Gasteiger partial charge in [0.1, 0.15) is 5.54 Å². The molecule has 0 aromatic heterocycles. The lowest BCUT2D eigenvalue weighted by molar-refractivity contribution is -0.149. The maximum absolute atomic E-state index is 12.5. The number of carbonyl (C=O) groups excluding carboxylic acids is 4. The molecule has 2 fully saturated rings. The summed E-state index contributed by atoms with van der Waals surface area (Å²) in [5.41, 5.74) is -0.0391. The third kappa shape index (κ3) is 4.44. The standard InChI is InChI=1S/C19H22ClN3O5/c20-14-6-2-1-5-13(14)11-21-15(24)12-28-16(25)7-10-23-17(26)19(22-18(23)27)8-3-4-9-19/h1-2,5-6H,3-4,7-12H2,(H,21,24)(H,22,27). The highest BCUT2D eigenvalue weighted by Gasteiger charge is 2.52. The molecule has 4 amide bonds. The summed E-state index contributed by atoms with van der Waals surface area (Å²) in [6, 6.07) is 6.62. The van der Waals surface area contributed by atoms with Crippen molar-refractivity contribution in [2.24, 2.45) is 0 Å². The van der Waals surface area contributed by atoms with E-state index < -0.39 is 30.1 Å². The molecule has 1 spiro atoms. The second kappa shape index (κ2) is 8.60. The van der Waals surface area contributed by atoms with E-state index in [4.69, 9.17) is 16.3 Å². The van der Waals surface area contributed by atoms with Crippen molar-refractivity contribution >= 4 is 35.4 Å². The Kier molecular flexibility index (Phi) is 6.18. The molecule has 1 aliphatic heterocycles. The monoisotopic (exact) mass is 407 g/mol. The largest absolute Gasteiger partial charge is 0.456 e. The van der Waals surface area contributed by atoms with E-state index in [2.05, 4.69) is 10.6 Å². The first-order chi connectivity index (χ1) is 13.4. The summed E-state index contributed by atoms with van der Waals surface area (Å²) in [6.45, 7) is -0.277. The van der Waals surface area contributed by atoms with Gasteiger partial charge in [-0.25, -0.2) is 4.79 Å². The smallest absolute Gasteiger partial charge is 0.325 e. The van der Waals surface area contributed by atoms with Gasteiger partial charge in [0.05, 0.1) is 6.42 Å².